The first kappa shape index (κ1) is 18.8. The highest BCUT2D eigenvalue weighted by Gasteiger charge is 2.28. The van der Waals surface area contributed by atoms with Crippen LogP contribution in [-0.2, 0) is 9.59 Å². The Morgan fingerprint density at radius 3 is 2.85 bits per heavy atom. The number of hydrogen-bond donors (Lipinski definition) is 1. The zero-order valence-corrected chi connectivity index (χ0v) is 15.5. The number of amides is 2. The molecule has 1 aliphatic rings. The molecule has 0 radical (unpaired) electrons. The van der Waals surface area contributed by atoms with Gasteiger partial charge in [0.1, 0.15) is 5.69 Å². The lowest BCUT2D eigenvalue weighted by Gasteiger charge is -2.32. The fourth-order valence-corrected chi connectivity index (χ4v) is 3.11. The van der Waals surface area contributed by atoms with E-state index in [4.69, 9.17) is 4.74 Å². The van der Waals surface area contributed by atoms with Gasteiger partial charge in [-0.15, -0.1) is 0 Å². The lowest BCUT2D eigenvalue weighted by atomic mass is 9.94. The van der Waals surface area contributed by atoms with Gasteiger partial charge in [0.2, 0.25) is 17.7 Å². The van der Waals surface area contributed by atoms with Crippen molar-refractivity contribution in [3.05, 3.63) is 42.1 Å². The number of hydrogen-bond acceptors (Lipinski definition) is 6. The first-order chi connectivity index (χ1) is 13.0. The topological polar surface area (TPSA) is 97.3 Å². The van der Waals surface area contributed by atoms with Gasteiger partial charge < -0.3 is 15.0 Å². The van der Waals surface area contributed by atoms with Gasteiger partial charge in [0.25, 0.3) is 0 Å². The summed E-state index contributed by atoms with van der Waals surface area (Å²) < 4.78 is 5.97. The van der Waals surface area contributed by atoms with Crippen LogP contribution in [0.4, 0.5) is 0 Å². The highest BCUT2D eigenvalue weighted by molar-refractivity contribution is 5.83. The molecule has 2 aromatic heterocycles. The van der Waals surface area contributed by atoms with Crippen molar-refractivity contribution in [1.82, 2.24) is 25.2 Å². The summed E-state index contributed by atoms with van der Waals surface area (Å²) in [6.45, 7) is 4.48. The Labute approximate surface area is 158 Å². The van der Waals surface area contributed by atoms with Crippen LogP contribution in [0.3, 0.4) is 0 Å². The van der Waals surface area contributed by atoms with Crippen LogP contribution in [-0.4, -0.2) is 51.3 Å². The van der Waals surface area contributed by atoms with Crippen LogP contribution in [0.25, 0.3) is 0 Å². The summed E-state index contributed by atoms with van der Waals surface area (Å²) in [5.74, 6) is 0.793. The minimum absolute atomic E-state index is 0.0146. The maximum absolute atomic E-state index is 12.3. The van der Waals surface area contributed by atoms with E-state index in [0.717, 1.165) is 24.2 Å². The largest absolute Gasteiger partial charge is 0.435 e. The summed E-state index contributed by atoms with van der Waals surface area (Å²) >= 11 is 0. The van der Waals surface area contributed by atoms with Crippen LogP contribution in [0.2, 0.25) is 0 Å². The first-order valence-corrected chi connectivity index (χ1v) is 8.97. The van der Waals surface area contributed by atoms with Gasteiger partial charge in [0.05, 0.1) is 12.2 Å². The maximum Gasteiger partial charge on any atom is 0.241 e. The number of carbonyl (C=O) groups is 2. The van der Waals surface area contributed by atoms with Gasteiger partial charge in [-0.25, -0.2) is 4.98 Å². The molecule has 1 saturated heterocycles. The standard InChI is InChI=1S/C19H23N5O3/c1-13-16(6-3-7-20-13)27-19-18(21-8-9-22-19)15-5-4-10-24(12-15)17(26)11-23-14(2)25/h3,6-9,15H,4-5,10-12H2,1-2H3,(H,23,25)/t15-/m0/s1. The molecule has 3 heterocycles. The predicted molar refractivity (Wildman–Crippen MR) is 98.3 cm³/mol. The third-order valence-electron chi connectivity index (χ3n) is 4.51. The lowest BCUT2D eigenvalue weighted by Crippen LogP contribution is -2.44. The number of likely N-dealkylation sites (tertiary alicyclic amines) is 1. The van der Waals surface area contributed by atoms with Gasteiger partial charge in [-0.1, -0.05) is 0 Å². The molecule has 1 atom stereocenters. The number of aryl methyl sites for hydroxylation is 1. The monoisotopic (exact) mass is 369 g/mol. The number of pyridine rings is 1. The molecule has 2 amide bonds. The highest BCUT2D eigenvalue weighted by atomic mass is 16.5. The third kappa shape index (κ3) is 4.78. The number of nitrogens with one attached hydrogen (secondary N) is 1. The summed E-state index contributed by atoms with van der Waals surface area (Å²) in [6.07, 6.45) is 6.69. The van der Waals surface area contributed by atoms with Gasteiger partial charge in [0, 0.05) is 44.5 Å². The first-order valence-electron chi connectivity index (χ1n) is 8.97. The Balaban J connectivity index is 1.75. The van der Waals surface area contributed by atoms with Crippen molar-refractivity contribution in [2.75, 3.05) is 19.6 Å². The molecule has 8 heteroatoms. The Kier molecular flexibility index (Phi) is 5.95. The second-order valence-electron chi connectivity index (χ2n) is 6.52. The second kappa shape index (κ2) is 8.57. The molecular weight excluding hydrogens is 346 g/mol. The van der Waals surface area contributed by atoms with Crippen molar-refractivity contribution in [1.29, 1.82) is 0 Å². The Morgan fingerprint density at radius 1 is 1.26 bits per heavy atom. The van der Waals surface area contributed by atoms with Crippen molar-refractivity contribution in [3.8, 4) is 11.6 Å². The van der Waals surface area contributed by atoms with Crippen LogP contribution < -0.4 is 10.1 Å². The van der Waals surface area contributed by atoms with Crippen molar-refractivity contribution >= 4 is 11.8 Å². The Hall–Kier alpha value is -3.03. The van der Waals surface area contributed by atoms with Crippen molar-refractivity contribution in [2.45, 2.75) is 32.6 Å². The molecule has 1 N–H and O–H groups in total. The number of rotatable bonds is 5. The Morgan fingerprint density at radius 2 is 2.07 bits per heavy atom. The second-order valence-corrected chi connectivity index (χ2v) is 6.52. The van der Waals surface area contributed by atoms with E-state index in [1.807, 2.05) is 13.0 Å². The predicted octanol–water partition coefficient (Wildman–Crippen LogP) is 1.81. The average molecular weight is 369 g/mol. The van der Waals surface area contributed by atoms with Gasteiger partial charge in [-0.3, -0.25) is 19.6 Å². The summed E-state index contributed by atoms with van der Waals surface area (Å²) in [7, 11) is 0. The molecule has 0 spiro atoms. The third-order valence-corrected chi connectivity index (χ3v) is 4.51. The normalized spacial score (nSPS) is 16.7. The molecule has 0 aromatic carbocycles. The van der Waals surface area contributed by atoms with E-state index in [1.54, 1.807) is 29.6 Å². The number of nitrogens with zero attached hydrogens (tertiary/aromatic N) is 4. The summed E-state index contributed by atoms with van der Waals surface area (Å²) in [5.41, 5.74) is 1.50. The zero-order chi connectivity index (χ0) is 19.2. The molecule has 0 aliphatic carbocycles. The van der Waals surface area contributed by atoms with Gasteiger partial charge in [-0.05, 0) is 31.9 Å². The molecule has 27 heavy (non-hydrogen) atoms. The van der Waals surface area contributed by atoms with Crippen molar-refractivity contribution < 1.29 is 14.3 Å². The molecule has 1 fully saturated rings. The molecular formula is C19H23N5O3. The summed E-state index contributed by atoms with van der Waals surface area (Å²) in [6, 6.07) is 3.65. The van der Waals surface area contributed by atoms with Crippen LogP contribution in [0, 0.1) is 6.92 Å². The van der Waals surface area contributed by atoms with E-state index in [9.17, 15) is 9.59 Å². The van der Waals surface area contributed by atoms with Crippen LogP contribution in [0.5, 0.6) is 11.6 Å². The van der Waals surface area contributed by atoms with Crippen LogP contribution in [0.1, 0.15) is 37.1 Å². The van der Waals surface area contributed by atoms with Crippen molar-refractivity contribution in [2.24, 2.45) is 0 Å². The van der Waals surface area contributed by atoms with E-state index in [1.165, 1.54) is 6.92 Å². The zero-order valence-electron chi connectivity index (χ0n) is 15.5. The molecule has 0 bridgehead atoms. The SMILES string of the molecule is CC(=O)NCC(=O)N1CCC[C@H](c2nccnc2Oc2cccnc2C)C1. The van der Waals surface area contributed by atoms with Crippen LogP contribution >= 0.6 is 0 Å². The minimum Gasteiger partial charge on any atom is -0.435 e. The number of carbonyl (C=O) groups excluding carboxylic acids is 2. The number of ether oxygens (including phenoxy) is 1. The van der Waals surface area contributed by atoms with Gasteiger partial charge >= 0.3 is 0 Å². The molecule has 2 aromatic rings. The van der Waals surface area contributed by atoms with Crippen molar-refractivity contribution in [3.63, 3.8) is 0 Å². The number of piperidine rings is 1. The number of aromatic nitrogens is 3. The molecule has 1 aliphatic heterocycles. The molecule has 3 rings (SSSR count). The van der Waals surface area contributed by atoms with E-state index >= 15 is 0 Å². The molecule has 142 valence electrons. The van der Waals surface area contributed by atoms with E-state index < -0.39 is 0 Å². The molecule has 8 nitrogen and oxygen atoms in total. The summed E-state index contributed by atoms with van der Waals surface area (Å²) in [4.78, 5) is 38.2. The molecule has 0 unspecified atom stereocenters. The Bertz CT molecular complexity index is 826. The maximum atomic E-state index is 12.3. The lowest BCUT2D eigenvalue weighted by molar-refractivity contribution is -0.133. The van der Waals surface area contributed by atoms with Crippen LogP contribution in [0.15, 0.2) is 30.7 Å². The summed E-state index contributed by atoms with van der Waals surface area (Å²) in [5, 5.41) is 2.56. The van der Waals surface area contributed by atoms with Gasteiger partial charge in [-0.2, -0.15) is 0 Å². The fraction of sp³-hybridized carbons (Fsp3) is 0.421. The fourth-order valence-electron chi connectivity index (χ4n) is 3.11. The average Bonchev–Trinajstić information content (AvgIpc) is 2.68. The minimum atomic E-state index is -0.214. The smallest absolute Gasteiger partial charge is 0.241 e. The van der Waals surface area contributed by atoms with Gasteiger partial charge in [0.15, 0.2) is 5.75 Å². The van der Waals surface area contributed by atoms with E-state index in [-0.39, 0.29) is 24.3 Å². The quantitative estimate of drug-likeness (QED) is 0.863. The van der Waals surface area contributed by atoms with E-state index in [0.29, 0.717) is 24.7 Å². The van der Waals surface area contributed by atoms with E-state index in [2.05, 4.69) is 20.3 Å². The molecule has 0 saturated carbocycles. The highest BCUT2D eigenvalue weighted by Crippen LogP contribution is 2.33.